The molecule has 1 saturated heterocycles. The van der Waals surface area contributed by atoms with Gasteiger partial charge in [0.25, 0.3) is 0 Å². The predicted molar refractivity (Wildman–Crippen MR) is 387 cm³/mol. The van der Waals surface area contributed by atoms with Gasteiger partial charge in [0.15, 0.2) is 0 Å². The number of hydrogen-bond donors (Lipinski definition) is 12. The molecule has 0 bridgehead atoms. The lowest BCUT2D eigenvalue weighted by Gasteiger charge is -2.24. The van der Waals surface area contributed by atoms with Gasteiger partial charge in [-0.15, -0.1) is 13.2 Å². The molecule has 30 N–H and O–H groups in total. The number of likely N-dealkylation sites (tertiary alicyclic amines) is 1. The van der Waals surface area contributed by atoms with Gasteiger partial charge in [-0.25, -0.2) is 0 Å². The first-order valence-electron chi connectivity index (χ1n) is 25.7. The Labute approximate surface area is 535 Å². The smallest absolute Gasteiger partial charge is 0.219 e. The van der Waals surface area contributed by atoms with Crippen LogP contribution in [0.2, 0.25) is 0 Å². The van der Waals surface area contributed by atoms with Crippen molar-refractivity contribution >= 4 is 80.6 Å². The zero-order chi connectivity index (χ0) is 70.8. The summed E-state index contributed by atoms with van der Waals surface area (Å²) in [5.41, 5.74) is 19.4. The molecule has 86 heavy (non-hydrogen) atoms. The average Bonchev–Trinajstić information content (AvgIpc) is 3.54. The number of hydrogen-bond acceptors (Lipinski definition) is 24. The quantitative estimate of drug-likeness (QED) is 0.122. The summed E-state index contributed by atoms with van der Waals surface area (Å²) in [7, 11) is 6.00. The van der Waals surface area contributed by atoms with Crippen LogP contribution >= 0.6 is 0 Å². The monoisotopic (exact) mass is 1270 g/mol. The van der Waals surface area contributed by atoms with E-state index in [1.54, 1.807) is 20.8 Å². The summed E-state index contributed by atoms with van der Waals surface area (Å²) in [6, 6.07) is 10.5. The minimum absolute atomic E-state index is 0. The maximum absolute atomic E-state index is 10.7. The highest BCUT2D eigenvalue weighted by Crippen LogP contribution is 2.07. The Morgan fingerprint density at radius 3 is 0.593 bits per heavy atom. The van der Waals surface area contributed by atoms with Crippen molar-refractivity contribution in [2.45, 2.75) is 203 Å². The third-order valence-electron chi connectivity index (χ3n) is 6.32. The van der Waals surface area contributed by atoms with Gasteiger partial charge in [0, 0.05) is 26.1 Å². The van der Waals surface area contributed by atoms with Gasteiger partial charge in [0.2, 0.25) is 5.91 Å². The number of carbonyl (C=O) groups is 12. The van der Waals surface area contributed by atoms with Crippen LogP contribution in [0.15, 0.2) is 43.5 Å². The molecule has 0 atom stereocenters. The minimum Gasteiger partial charge on any atom is -0.394 e. The molecular formula is C61H162N12O13. The molecule has 544 valence electrons. The normalized spacial score (nSPS) is 6.91. The summed E-state index contributed by atoms with van der Waals surface area (Å²) in [6.07, 6.45) is 9.88. The number of piperidine rings is 1. The van der Waals surface area contributed by atoms with Crippen molar-refractivity contribution < 1.29 is 62.6 Å². The van der Waals surface area contributed by atoms with Crippen LogP contribution in [0.5, 0.6) is 0 Å². The zero-order valence-corrected chi connectivity index (χ0v) is 61.7. The van der Waals surface area contributed by atoms with E-state index in [1.165, 1.54) is 78.7 Å². The first-order valence-corrected chi connectivity index (χ1v) is 25.7. The molecule has 1 aliphatic heterocycles. The van der Waals surface area contributed by atoms with E-state index < -0.39 is 0 Å². The number of rotatable bonds is 5. The van der Waals surface area contributed by atoms with Crippen LogP contribution < -0.4 is 66.0 Å². The van der Waals surface area contributed by atoms with Gasteiger partial charge in [-0.1, -0.05) is 181 Å². The van der Waals surface area contributed by atoms with E-state index in [-0.39, 0.29) is 55.1 Å². The molecule has 1 amide bonds. The SMILES string of the molecule is C=C.C=O.C=O.C=O.C=O.C=O.C=O.C=O.C=O.C=O.C=O.C=O.CC.CC(=O)N1CCCCC1.CC(C)C.CC(C)O.CCC(C)C.CCC(C)C.CCC(C)C.CCC(C)C.CCc1ccccc1.CN.CN.CN.CN.N.N.N.N.N.N.N. The summed E-state index contributed by atoms with van der Waals surface area (Å²) in [5.74, 6) is 4.60. The highest BCUT2D eigenvalue weighted by molar-refractivity contribution is 5.73. The number of nitrogens with two attached hydrogens (primary N) is 4. The molecule has 0 aliphatic carbocycles. The molecular weight excluding hydrogens is 1110 g/mol. The van der Waals surface area contributed by atoms with Crippen molar-refractivity contribution in [1.29, 1.82) is 0 Å². The molecule has 0 unspecified atom stereocenters. The van der Waals surface area contributed by atoms with Gasteiger partial charge in [-0.05, 0) is 103 Å². The van der Waals surface area contributed by atoms with E-state index in [1.807, 2.05) is 99.5 Å². The molecule has 2 rings (SSSR count). The Hall–Kier alpha value is -5.68. The molecule has 25 heteroatoms. The minimum atomic E-state index is -0.167. The van der Waals surface area contributed by atoms with Crippen LogP contribution in [0.1, 0.15) is 196 Å². The summed E-state index contributed by atoms with van der Waals surface area (Å²) < 4.78 is 0. The number of nitrogens with zero attached hydrogens (tertiary/aromatic N) is 1. The average molecular weight is 1270 g/mol. The molecule has 0 saturated carbocycles. The molecule has 25 nitrogen and oxygen atoms in total. The second-order valence-corrected chi connectivity index (χ2v) is 14.4. The fourth-order valence-corrected chi connectivity index (χ4v) is 1.92. The van der Waals surface area contributed by atoms with E-state index in [4.69, 9.17) is 57.8 Å². The summed E-state index contributed by atoms with van der Waals surface area (Å²) in [4.78, 5) is 101. The van der Waals surface area contributed by atoms with Gasteiger partial charge in [0.05, 0.1) is 0 Å². The van der Waals surface area contributed by atoms with Crippen LogP contribution in [-0.2, 0) is 64.0 Å². The fourth-order valence-electron chi connectivity index (χ4n) is 1.92. The van der Waals surface area contributed by atoms with Gasteiger partial charge < -0.3 is 129 Å². The maximum atomic E-state index is 10.7. The number of carbonyl (C=O) groups excluding carboxylic acids is 12. The second kappa shape index (κ2) is 369. The molecule has 1 aliphatic rings. The fraction of sp³-hybridized carbons (Fsp3) is 0.672. The largest absolute Gasteiger partial charge is 0.394 e. The Bertz CT molecular complexity index is 787. The Balaban J connectivity index is -0.0000000139. The van der Waals surface area contributed by atoms with Gasteiger partial charge in [-0.3, -0.25) is 4.79 Å². The van der Waals surface area contributed by atoms with Gasteiger partial charge >= 0.3 is 0 Å². The maximum Gasteiger partial charge on any atom is 0.219 e. The van der Waals surface area contributed by atoms with Crippen LogP contribution in [0.4, 0.5) is 0 Å². The van der Waals surface area contributed by atoms with Crippen LogP contribution in [0.3, 0.4) is 0 Å². The number of aliphatic hydroxyl groups excluding tert-OH is 1. The van der Waals surface area contributed by atoms with Gasteiger partial charge in [-0.2, -0.15) is 0 Å². The number of amides is 1. The third kappa shape index (κ3) is 792. The molecule has 1 fully saturated rings. The number of aryl methyl sites for hydroxylation is 1. The lowest BCUT2D eigenvalue weighted by molar-refractivity contribution is -0.129. The highest BCUT2D eigenvalue weighted by Gasteiger charge is 2.11. The second-order valence-electron chi connectivity index (χ2n) is 14.4. The number of aliphatic hydroxyl groups is 1. The molecule has 1 heterocycles. The lowest BCUT2D eigenvalue weighted by atomic mass is 10.1. The summed E-state index contributed by atoms with van der Waals surface area (Å²) >= 11 is 0. The standard InChI is InChI=1S/C8H10.C7H13NO.4C5H12.C4H10.C3H8O.C2H6.C2H4.4CH5N.11CH2O.7H3N/c1-2-8-6-4-3-5-7-8;1-7(9)8-5-3-2-4-6-8;4*1-4-5(2)3;1-4(2)3;1-3(2)4;17*1-2;;;;;;;/h3-7H,2H2,1H3;2-6H2,1H3;4*5H,4H2,1-3H3;4H,1-3H3;3-4H,1-2H3;1-2H3;1-2H2;4*2H2,1H3;11*1H2;7*1H3. The van der Waals surface area contributed by atoms with Crippen LogP contribution in [0.25, 0.3) is 0 Å². The molecule has 0 radical (unpaired) electrons. The highest BCUT2D eigenvalue weighted by atomic mass is 16.3. The van der Waals surface area contributed by atoms with E-state index in [2.05, 4.69) is 171 Å². The van der Waals surface area contributed by atoms with Crippen molar-refractivity contribution in [3.05, 3.63) is 49.1 Å². The van der Waals surface area contributed by atoms with E-state index in [9.17, 15) is 4.79 Å². The van der Waals surface area contributed by atoms with Crippen molar-refractivity contribution in [2.75, 3.05) is 41.3 Å². The van der Waals surface area contributed by atoms with E-state index in [0.29, 0.717) is 0 Å². The van der Waals surface area contributed by atoms with E-state index in [0.717, 1.165) is 49.1 Å². The molecule has 1 aromatic carbocycles. The topological polar surface area (TPSA) is 577 Å². The number of benzene rings is 1. The third-order valence-corrected chi connectivity index (χ3v) is 6.32. The lowest BCUT2D eigenvalue weighted by Crippen LogP contribution is -2.33. The van der Waals surface area contributed by atoms with Crippen molar-refractivity contribution in [3.63, 3.8) is 0 Å². The van der Waals surface area contributed by atoms with Crippen LogP contribution in [0, 0.1) is 29.6 Å². The van der Waals surface area contributed by atoms with Gasteiger partial charge in [0.1, 0.15) is 74.7 Å². The van der Waals surface area contributed by atoms with Crippen molar-refractivity contribution in [2.24, 2.45) is 52.5 Å². The zero-order valence-electron chi connectivity index (χ0n) is 61.7. The van der Waals surface area contributed by atoms with Crippen molar-refractivity contribution in [1.82, 2.24) is 48.0 Å². The Morgan fingerprint density at radius 1 is 0.395 bits per heavy atom. The van der Waals surface area contributed by atoms with E-state index >= 15 is 0 Å². The molecule has 0 aromatic heterocycles. The Kier molecular flexibility index (Phi) is 856. The first-order chi connectivity index (χ1) is 37.8. The summed E-state index contributed by atoms with van der Waals surface area (Å²) in [6.45, 7) is 74.3. The molecule has 1 aromatic rings. The molecule has 0 spiro atoms. The van der Waals surface area contributed by atoms with Crippen molar-refractivity contribution in [3.8, 4) is 0 Å². The first kappa shape index (κ1) is 200. The predicted octanol–water partition coefficient (Wildman–Crippen LogP) is 12.8. The summed E-state index contributed by atoms with van der Waals surface area (Å²) in [5, 5.41) is 8.06. The Morgan fingerprint density at radius 2 is 0.523 bits per heavy atom. The van der Waals surface area contributed by atoms with Crippen LogP contribution in [-0.4, -0.2) is 138 Å².